The number of aromatic nitrogens is 2. The van der Waals surface area contributed by atoms with Gasteiger partial charge in [0.1, 0.15) is 6.54 Å². The molecule has 0 aromatic carbocycles. The number of anilines is 2. The maximum atomic E-state index is 12.3. The summed E-state index contributed by atoms with van der Waals surface area (Å²) in [5.41, 5.74) is 0. The zero-order valence-electron chi connectivity index (χ0n) is 12.3. The molecule has 24 heavy (non-hydrogen) atoms. The predicted octanol–water partition coefficient (Wildman–Crippen LogP) is 1.20. The van der Waals surface area contributed by atoms with Gasteiger partial charge in [-0.1, -0.05) is 0 Å². The topological polar surface area (TPSA) is 128 Å². The largest absolute Gasteiger partial charge is 0.475 e. The molecule has 0 fully saturated rings. The lowest BCUT2D eigenvalue weighted by molar-refractivity contribution is -0.389. The number of fused-ring (bicyclic) bond motifs is 1. The normalized spacial score (nSPS) is 16.3. The first-order valence-electron chi connectivity index (χ1n) is 6.78. The Morgan fingerprint density at radius 2 is 2.33 bits per heavy atom. The minimum Gasteiger partial charge on any atom is -0.475 e. The molecule has 3 heterocycles. The number of hydrogen-bond donors (Lipinski definition) is 1. The van der Waals surface area contributed by atoms with Crippen molar-refractivity contribution in [1.82, 2.24) is 9.97 Å². The molecule has 10 nitrogen and oxygen atoms in total. The van der Waals surface area contributed by atoms with Crippen molar-refractivity contribution in [2.24, 2.45) is 0 Å². The van der Waals surface area contributed by atoms with Crippen LogP contribution in [0.1, 0.15) is 6.92 Å². The van der Waals surface area contributed by atoms with Crippen LogP contribution in [0.3, 0.4) is 0 Å². The highest BCUT2D eigenvalue weighted by Crippen LogP contribution is 2.33. The van der Waals surface area contributed by atoms with E-state index in [1.54, 1.807) is 5.38 Å². The van der Waals surface area contributed by atoms with Crippen molar-refractivity contribution in [2.75, 3.05) is 16.8 Å². The molecule has 0 radical (unpaired) electrons. The Balaban J connectivity index is 1.88. The van der Waals surface area contributed by atoms with Crippen LogP contribution in [0.15, 0.2) is 23.7 Å². The summed E-state index contributed by atoms with van der Waals surface area (Å²) in [7, 11) is 0. The smallest absolute Gasteiger partial charge is 0.366 e. The van der Waals surface area contributed by atoms with Gasteiger partial charge in [-0.15, -0.1) is 11.3 Å². The molecule has 124 valence electrons. The number of amides is 2. The molecule has 2 aromatic heterocycles. The van der Waals surface area contributed by atoms with Crippen LogP contribution in [0.4, 0.5) is 16.8 Å². The second-order valence-corrected chi connectivity index (χ2v) is 5.71. The van der Waals surface area contributed by atoms with Crippen LogP contribution >= 0.6 is 11.3 Å². The van der Waals surface area contributed by atoms with E-state index < -0.39 is 28.7 Å². The fourth-order valence-corrected chi connectivity index (χ4v) is 2.66. The molecule has 0 aliphatic carbocycles. The molecular formula is C13H11N5O5S. The summed E-state index contributed by atoms with van der Waals surface area (Å²) in [4.78, 5) is 43.4. The zero-order chi connectivity index (χ0) is 17.3. The SMILES string of the molecule is CC1Oc2ccc([N+](=O)[O-])nc2N(CC(=O)Nc2nccs2)C1=O. The quantitative estimate of drug-likeness (QED) is 0.649. The average Bonchev–Trinajstić information content (AvgIpc) is 3.04. The maximum Gasteiger partial charge on any atom is 0.366 e. The highest BCUT2D eigenvalue weighted by molar-refractivity contribution is 7.13. The van der Waals surface area contributed by atoms with Crippen LogP contribution in [0.5, 0.6) is 5.75 Å². The number of nitro groups is 1. The van der Waals surface area contributed by atoms with Crippen molar-refractivity contribution >= 4 is 39.9 Å². The summed E-state index contributed by atoms with van der Waals surface area (Å²) in [5.74, 6) is -1.29. The molecule has 11 heteroatoms. The molecule has 0 saturated heterocycles. The van der Waals surface area contributed by atoms with Gasteiger partial charge < -0.3 is 20.2 Å². The molecule has 1 aliphatic heterocycles. The van der Waals surface area contributed by atoms with E-state index in [4.69, 9.17) is 4.74 Å². The maximum absolute atomic E-state index is 12.3. The number of rotatable bonds is 4. The van der Waals surface area contributed by atoms with Crippen LogP contribution in [0.2, 0.25) is 0 Å². The van der Waals surface area contributed by atoms with E-state index in [1.165, 1.54) is 36.6 Å². The second-order valence-electron chi connectivity index (χ2n) is 4.82. The van der Waals surface area contributed by atoms with Crippen molar-refractivity contribution in [3.8, 4) is 5.75 Å². The Labute approximate surface area is 139 Å². The van der Waals surface area contributed by atoms with Gasteiger partial charge in [0.2, 0.25) is 5.91 Å². The van der Waals surface area contributed by atoms with Gasteiger partial charge in [0.05, 0.1) is 0 Å². The van der Waals surface area contributed by atoms with E-state index in [0.717, 1.165) is 4.90 Å². The summed E-state index contributed by atoms with van der Waals surface area (Å²) in [5, 5.41) is 15.5. The average molecular weight is 349 g/mol. The highest BCUT2D eigenvalue weighted by Gasteiger charge is 2.37. The molecule has 1 unspecified atom stereocenters. The monoisotopic (exact) mass is 349 g/mol. The molecule has 2 aromatic rings. The van der Waals surface area contributed by atoms with Crippen LogP contribution < -0.4 is 15.0 Å². The number of carbonyl (C=O) groups is 2. The summed E-state index contributed by atoms with van der Waals surface area (Å²) >= 11 is 1.23. The van der Waals surface area contributed by atoms with Gasteiger partial charge >= 0.3 is 5.82 Å². The zero-order valence-corrected chi connectivity index (χ0v) is 13.1. The van der Waals surface area contributed by atoms with Crippen molar-refractivity contribution in [2.45, 2.75) is 13.0 Å². The molecule has 1 N–H and O–H groups in total. The summed E-state index contributed by atoms with van der Waals surface area (Å²) in [6.45, 7) is 1.17. The first-order valence-corrected chi connectivity index (χ1v) is 7.66. The lowest BCUT2D eigenvalue weighted by Gasteiger charge is -2.28. The van der Waals surface area contributed by atoms with Gasteiger partial charge in [0.25, 0.3) is 11.7 Å². The van der Waals surface area contributed by atoms with Gasteiger partial charge in [0.15, 0.2) is 17.0 Å². The van der Waals surface area contributed by atoms with Crippen molar-refractivity contribution in [3.05, 3.63) is 33.8 Å². The lowest BCUT2D eigenvalue weighted by atomic mass is 10.2. The molecule has 0 spiro atoms. The minimum absolute atomic E-state index is 0.0541. The summed E-state index contributed by atoms with van der Waals surface area (Å²) in [6, 6.07) is 2.53. The Kier molecular flexibility index (Phi) is 4.08. The van der Waals surface area contributed by atoms with E-state index in [9.17, 15) is 19.7 Å². The van der Waals surface area contributed by atoms with Gasteiger partial charge in [0, 0.05) is 17.6 Å². The standard InChI is InChI=1S/C13H11N5O5S/c1-7-12(20)17(6-10(19)16-13-14-4-5-24-13)11-8(23-7)2-3-9(15-11)18(21)22/h2-5,7H,6H2,1H3,(H,14,16,19). The van der Waals surface area contributed by atoms with Gasteiger partial charge in [-0.25, -0.2) is 4.98 Å². The highest BCUT2D eigenvalue weighted by atomic mass is 32.1. The van der Waals surface area contributed by atoms with E-state index in [1.807, 2.05) is 0 Å². The Morgan fingerprint density at radius 3 is 3.00 bits per heavy atom. The molecule has 3 rings (SSSR count). The number of carbonyl (C=O) groups excluding carboxylic acids is 2. The van der Waals surface area contributed by atoms with Crippen LogP contribution in [0.25, 0.3) is 0 Å². The molecule has 0 bridgehead atoms. The molecule has 2 amide bonds. The molecular weight excluding hydrogens is 338 g/mol. The van der Waals surface area contributed by atoms with E-state index in [2.05, 4.69) is 15.3 Å². The van der Waals surface area contributed by atoms with Gasteiger partial charge in [-0.3, -0.25) is 14.5 Å². The summed E-state index contributed by atoms with van der Waals surface area (Å²) in [6.07, 6.45) is 0.705. The number of nitrogens with zero attached hydrogens (tertiary/aromatic N) is 4. The number of ether oxygens (including phenoxy) is 1. The van der Waals surface area contributed by atoms with Crippen LogP contribution in [-0.4, -0.2) is 39.4 Å². The second kappa shape index (κ2) is 6.20. The first-order chi connectivity index (χ1) is 11.5. The third-order valence-electron chi connectivity index (χ3n) is 3.17. The number of hydrogen-bond acceptors (Lipinski definition) is 8. The first kappa shape index (κ1) is 15.8. The Morgan fingerprint density at radius 1 is 1.54 bits per heavy atom. The fourth-order valence-electron chi connectivity index (χ4n) is 2.12. The van der Waals surface area contributed by atoms with Crippen molar-refractivity contribution < 1.29 is 19.2 Å². The van der Waals surface area contributed by atoms with Crippen molar-refractivity contribution in [3.63, 3.8) is 0 Å². The predicted molar refractivity (Wildman–Crippen MR) is 84.1 cm³/mol. The minimum atomic E-state index is -0.826. The lowest BCUT2D eigenvalue weighted by Crippen LogP contribution is -2.48. The van der Waals surface area contributed by atoms with Crippen LogP contribution in [-0.2, 0) is 9.59 Å². The van der Waals surface area contributed by atoms with E-state index >= 15 is 0 Å². The molecule has 1 aliphatic rings. The third kappa shape index (κ3) is 3.01. The number of nitrogens with one attached hydrogen (secondary N) is 1. The van der Waals surface area contributed by atoms with Crippen LogP contribution in [0, 0.1) is 10.1 Å². The van der Waals surface area contributed by atoms with Gasteiger partial charge in [-0.2, -0.15) is 0 Å². The van der Waals surface area contributed by atoms with E-state index in [0.29, 0.717) is 5.13 Å². The fraction of sp³-hybridized carbons (Fsp3) is 0.231. The Bertz CT molecular complexity index is 809. The Hall–Kier alpha value is -3.08. The van der Waals surface area contributed by atoms with Crippen molar-refractivity contribution in [1.29, 1.82) is 0 Å². The molecule has 0 saturated carbocycles. The number of pyridine rings is 1. The number of thiazole rings is 1. The van der Waals surface area contributed by atoms with E-state index in [-0.39, 0.29) is 18.1 Å². The van der Waals surface area contributed by atoms with Gasteiger partial charge in [-0.05, 0) is 22.9 Å². The summed E-state index contributed by atoms with van der Waals surface area (Å²) < 4.78 is 5.38. The molecule has 1 atom stereocenters. The third-order valence-corrected chi connectivity index (χ3v) is 3.85.